The highest BCUT2D eigenvalue weighted by Crippen LogP contribution is 2.31. The largest absolute Gasteiger partial charge is 0.219 e. The summed E-state index contributed by atoms with van der Waals surface area (Å²) < 4.78 is 24.5. The van der Waals surface area contributed by atoms with Gasteiger partial charge in [-0.3, -0.25) is 0 Å². The maximum absolute atomic E-state index is 12.3. The fourth-order valence-electron chi connectivity index (χ4n) is 2.12. The summed E-state index contributed by atoms with van der Waals surface area (Å²) in [5, 5.41) is 0. The molecular weight excluding hydrogens is 220 g/mol. The van der Waals surface area contributed by atoms with Crippen LogP contribution in [0.3, 0.4) is 0 Å². The summed E-state index contributed by atoms with van der Waals surface area (Å²) in [6, 6.07) is 8.68. The second-order valence-electron chi connectivity index (χ2n) is 4.18. The predicted molar refractivity (Wildman–Crippen MR) is 64.8 cm³/mol. The molecule has 0 radical (unpaired) electrons. The lowest BCUT2D eigenvalue weighted by molar-refractivity contribution is 0.601. The second-order valence-corrected chi connectivity index (χ2v) is 6.27. The first kappa shape index (κ1) is 11.4. The van der Waals surface area contributed by atoms with Crippen LogP contribution in [0, 0.1) is 0 Å². The monoisotopic (exact) mass is 236 g/mol. The van der Waals surface area contributed by atoms with Crippen LogP contribution in [0.25, 0.3) is 0 Å². The molecule has 1 aliphatic carbocycles. The number of benzene rings is 1. The maximum Gasteiger partial charge on any atom is 0.202 e. The molecule has 0 aromatic heterocycles. The fourth-order valence-corrected chi connectivity index (χ4v) is 3.57. The van der Waals surface area contributed by atoms with Crippen molar-refractivity contribution >= 4 is 9.84 Å². The number of sulfone groups is 1. The van der Waals surface area contributed by atoms with Gasteiger partial charge in [0.25, 0.3) is 0 Å². The SMILES string of the molecule is CC(=C1CCCC1)S(=O)(=O)c1ccccc1. The number of allylic oxidation sites excluding steroid dienone is 2. The van der Waals surface area contributed by atoms with E-state index in [9.17, 15) is 8.42 Å². The first-order chi connectivity index (χ1) is 7.62. The lowest BCUT2D eigenvalue weighted by atomic mass is 10.2. The minimum atomic E-state index is -3.24. The van der Waals surface area contributed by atoms with Crippen molar-refractivity contribution in [1.29, 1.82) is 0 Å². The van der Waals surface area contributed by atoms with Crippen LogP contribution in [0.2, 0.25) is 0 Å². The summed E-state index contributed by atoms with van der Waals surface area (Å²) in [7, 11) is -3.24. The molecule has 0 amide bonds. The Balaban J connectivity index is 2.44. The van der Waals surface area contributed by atoms with E-state index < -0.39 is 9.84 Å². The van der Waals surface area contributed by atoms with Gasteiger partial charge in [-0.15, -0.1) is 0 Å². The summed E-state index contributed by atoms with van der Waals surface area (Å²) >= 11 is 0. The van der Waals surface area contributed by atoms with Gasteiger partial charge in [0.2, 0.25) is 9.84 Å². The fraction of sp³-hybridized carbons (Fsp3) is 0.385. The summed E-state index contributed by atoms with van der Waals surface area (Å²) in [4.78, 5) is 0.975. The molecule has 2 rings (SSSR count). The van der Waals surface area contributed by atoms with Crippen LogP contribution < -0.4 is 0 Å². The molecule has 0 saturated heterocycles. The van der Waals surface area contributed by atoms with Crippen molar-refractivity contribution < 1.29 is 8.42 Å². The number of hydrogen-bond acceptors (Lipinski definition) is 2. The molecule has 1 aliphatic rings. The van der Waals surface area contributed by atoms with Crippen molar-refractivity contribution in [1.82, 2.24) is 0 Å². The van der Waals surface area contributed by atoms with Crippen LogP contribution >= 0.6 is 0 Å². The molecule has 0 aliphatic heterocycles. The number of rotatable bonds is 2. The van der Waals surface area contributed by atoms with Gasteiger partial charge in [-0.1, -0.05) is 23.8 Å². The lowest BCUT2D eigenvalue weighted by Crippen LogP contribution is -2.04. The zero-order valence-corrected chi connectivity index (χ0v) is 10.3. The minimum Gasteiger partial charge on any atom is -0.219 e. The van der Waals surface area contributed by atoms with E-state index in [0.717, 1.165) is 31.3 Å². The zero-order chi connectivity index (χ0) is 11.6. The van der Waals surface area contributed by atoms with Gasteiger partial charge < -0.3 is 0 Å². The molecule has 0 heterocycles. The summed E-state index contributed by atoms with van der Waals surface area (Å²) in [6.45, 7) is 1.74. The normalized spacial score (nSPS) is 16.4. The third kappa shape index (κ3) is 2.05. The van der Waals surface area contributed by atoms with E-state index in [1.807, 2.05) is 6.07 Å². The van der Waals surface area contributed by atoms with E-state index in [2.05, 4.69) is 0 Å². The molecule has 3 heteroatoms. The van der Waals surface area contributed by atoms with Crippen molar-refractivity contribution in [3.8, 4) is 0 Å². The van der Waals surface area contributed by atoms with E-state index in [4.69, 9.17) is 0 Å². The standard InChI is InChI=1S/C13H16O2S/c1-11(12-7-5-6-8-12)16(14,15)13-9-3-2-4-10-13/h2-4,9-10H,5-8H2,1H3. The van der Waals surface area contributed by atoms with Crippen LogP contribution in [0.1, 0.15) is 32.6 Å². The van der Waals surface area contributed by atoms with E-state index in [1.54, 1.807) is 31.2 Å². The highest BCUT2D eigenvalue weighted by atomic mass is 32.2. The van der Waals surface area contributed by atoms with Crippen LogP contribution in [-0.2, 0) is 9.84 Å². The smallest absolute Gasteiger partial charge is 0.202 e. The first-order valence-electron chi connectivity index (χ1n) is 5.61. The Bertz CT molecular complexity index is 490. The molecule has 0 N–H and O–H groups in total. The molecule has 1 aromatic rings. The highest BCUT2D eigenvalue weighted by Gasteiger charge is 2.21. The van der Waals surface area contributed by atoms with Crippen molar-refractivity contribution in [3.63, 3.8) is 0 Å². The van der Waals surface area contributed by atoms with Gasteiger partial charge in [0.05, 0.1) is 4.90 Å². The third-order valence-electron chi connectivity index (χ3n) is 3.16. The maximum atomic E-state index is 12.3. The van der Waals surface area contributed by atoms with Crippen molar-refractivity contribution in [2.24, 2.45) is 0 Å². The second kappa shape index (κ2) is 4.42. The molecule has 0 unspecified atom stereocenters. The van der Waals surface area contributed by atoms with E-state index in [0.29, 0.717) is 9.80 Å². The minimum absolute atomic E-state index is 0.409. The topological polar surface area (TPSA) is 34.1 Å². The van der Waals surface area contributed by atoms with Gasteiger partial charge in [0.1, 0.15) is 0 Å². The molecule has 0 bridgehead atoms. The van der Waals surface area contributed by atoms with Crippen molar-refractivity contribution in [3.05, 3.63) is 40.8 Å². The highest BCUT2D eigenvalue weighted by molar-refractivity contribution is 7.95. The van der Waals surface area contributed by atoms with Crippen LogP contribution in [0.5, 0.6) is 0 Å². The van der Waals surface area contributed by atoms with E-state index >= 15 is 0 Å². The van der Waals surface area contributed by atoms with E-state index in [1.165, 1.54) is 0 Å². The zero-order valence-electron chi connectivity index (χ0n) is 9.44. The number of hydrogen-bond donors (Lipinski definition) is 0. The molecule has 2 nitrogen and oxygen atoms in total. The lowest BCUT2D eigenvalue weighted by Gasteiger charge is -2.07. The Morgan fingerprint density at radius 3 is 2.19 bits per heavy atom. The molecule has 0 spiro atoms. The average molecular weight is 236 g/mol. The first-order valence-corrected chi connectivity index (χ1v) is 7.09. The molecule has 1 saturated carbocycles. The van der Waals surface area contributed by atoms with Gasteiger partial charge in [-0.05, 0) is 44.7 Å². The van der Waals surface area contributed by atoms with Gasteiger partial charge >= 0.3 is 0 Å². The van der Waals surface area contributed by atoms with Gasteiger partial charge in [0, 0.05) is 4.91 Å². The Labute approximate surface area is 96.9 Å². The van der Waals surface area contributed by atoms with Crippen LogP contribution in [-0.4, -0.2) is 8.42 Å². The van der Waals surface area contributed by atoms with Gasteiger partial charge in [-0.2, -0.15) is 0 Å². The molecular formula is C13H16O2S. The van der Waals surface area contributed by atoms with E-state index in [-0.39, 0.29) is 0 Å². The predicted octanol–water partition coefficient (Wildman–Crippen LogP) is 3.31. The summed E-state index contributed by atoms with van der Waals surface area (Å²) in [5.41, 5.74) is 1.11. The Hall–Kier alpha value is -1.09. The average Bonchev–Trinajstić information content (AvgIpc) is 2.82. The Kier molecular flexibility index (Phi) is 3.15. The molecule has 1 aromatic carbocycles. The Morgan fingerprint density at radius 2 is 1.62 bits per heavy atom. The summed E-state index contributed by atoms with van der Waals surface area (Å²) in [5.74, 6) is 0. The van der Waals surface area contributed by atoms with Crippen LogP contribution in [0.15, 0.2) is 45.7 Å². The summed E-state index contributed by atoms with van der Waals surface area (Å²) in [6.07, 6.45) is 4.13. The molecule has 0 atom stereocenters. The Morgan fingerprint density at radius 1 is 1.06 bits per heavy atom. The molecule has 16 heavy (non-hydrogen) atoms. The third-order valence-corrected chi connectivity index (χ3v) is 5.15. The van der Waals surface area contributed by atoms with Gasteiger partial charge in [-0.25, -0.2) is 8.42 Å². The van der Waals surface area contributed by atoms with Gasteiger partial charge in [0.15, 0.2) is 0 Å². The quantitative estimate of drug-likeness (QED) is 0.789. The molecule has 86 valence electrons. The molecule has 1 fully saturated rings. The van der Waals surface area contributed by atoms with Crippen molar-refractivity contribution in [2.75, 3.05) is 0 Å². The van der Waals surface area contributed by atoms with Crippen LogP contribution in [0.4, 0.5) is 0 Å². The van der Waals surface area contributed by atoms with Crippen molar-refractivity contribution in [2.45, 2.75) is 37.5 Å².